The molecule has 0 saturated carbocycles. The second kappa shape index (κ2) is 4.63. The minimum absolute atomic E-state index is 0.492. The molecule has 4 heteroatoms. The van der Waals surface area contributed by atoms with Crippen molar-refractivity contribution in [2.45, 2.75) is 19.9 Å². The van der Waals surface area contributed by atoms with Crippen LogP contribution in [0.1, 0.15) is 16.7 Å². The van der Waals surface area contributed by atoms with Crippen molar-refractivity contribution in [1.29, 1.82) is 0 Å². The van der Waals surface area contributed by atoms with E-state index >= 15 is 0 Å². The minimum Gasteiger partial charge on any atom is -0.382 e. The van der Waals surface area contributed by atoms with Crippen molar-refractivity contribution < 1.29 is 0 Å². The first-order valence-corrected chi connectivity index (χ1v) is 6.53. The first-order chi connectivity index (χ1) is 9.15. The van der Waals surface area contributed by atoms with Gasteiger partial charge in [0.1, 0.15) is 11.5 Å². The van der Waals surface area contributed by atoms with E-state index in [4.69, 9.17) is 5.73 Å². The molecule has 0 atom stereocenters. The number of nitrogens with two attached hydrogens (primary N) is 1. The highest BCUT2D eigenvalue weighted by atomic mass is 15.1. The molecular weight excluding hydrogens is 236 g/mol. The van der Waals surface area contributed by atoms with E-state index in [1.807, 2.05) is 0 Å². The van der Waals surface area contributed by atoms with Crippen LogP contribution in [-0.4, -0.2) is 28.5 Å². The minimum atomic E-state index is 0.492. The summed E-state index contributed by atoms with van der Waals surface area (Å²) in [6.45, 7) is 4.28. The highest BCUT2D eigenvalue weighted by molar-refractivity contribution is 5.71. The molecule has 0 saturated heterocycles. The molecule has 4 nitrogen and oxygen atoms in total. The fourth-order valence-electron chi connectivity index (χ4n) is 2.77. The molecule has 1 aliphatic rings. The first kappa shape index (κ1) is 12.1. The second-order valence-corrected chi connectivity index (χ2v) is 5.21. The summed E-state index contributed by atoms with van der Waals surface area (Å²) in [6, 6.07) is 4.38. The molecule has 0 radical (unpaired) electrons. The van der Waals surface area contributed by atoms with Crippen molar-refractivity contribution >= 4 is 5.82 Å². The van der Waals surface area contributed by atoms with Gasteiger partial charge in [0.15, 0.2) is 0 Å². The molecule has 3 rings (SSSR count). The van der Waals surface area contributed by atoms with E-state index < -0.39 is 0 Å². The van der Waals surface area contributed by atoms with Crippen LogP contribution in [0, 0.1) is 6.92 Å². The normalized spacial score (nSPS) is 15.3. The highest BCUT2D eigenvalue weighted by Gasteiger charge is 2.17. The van der Waals surface area contributed by atoms with Crippen LogP contribution in [0.25, 0.3) is 11.3 Å². The summed E-state index contributed by atoms with van der Waals surface area (Å²) in [5.41, 5.74) is 12.0. The lowest BCUT2D eigenvalue weighted by molar-refractivity contribution is 0.312. The van der Waals surface area contributed by atoms with Crippen LogP contribution in [-0.2, 0) is 13.0 Å². The van der Waals surface area contributed by atoms with Crippen LogP contribution in [0.15, 0.2) is 24.5 Å². The lowest BCUT2D eigenvalue weighted by Gasteiger charge is -2.27. The van der Waals surface area contributed by atoms with Crippen molar-refractivity contribution in [3.8, 4) is 11.3 Å². The van der Waals surface area contributed by atoms with E-state index in [0.29, 0.717) is 5.82 Å². The van der Waals surface area contributed by atoms with Gasteiger partial charge in [-0.3, -0.25) is 4.98 Å². The predicted molar refractivity (Wildman–Crippen MR) is 76.7 cm³/mol. The smallest absolute Gasteiger partial charge is 0.149 e. The maximum Gasteiger partial charge on any atom is 0.149 e. The number of aromatic nitrogens is 2. The van der Waals surface area contributed by atoms with Crippen molar-refractivity contribution in [2.24, 2.45) is 0 Å². The Labute approximate surface area is 113 Å². The molecule has 2 aromatic rings. The lowest BCUT2D eigenvalue weighted by atomic mass is 9.92. The number of benzene rings is 1. The SMILES string of the molecule is Cc1cc(-c2nccnc2N)cc2c1CCN(C)C2. The zero-order chi connectivity index (χ0) is 13.4. The van der Waals surface area contributed by atoms with E-state index in [9.17, 15) is 0 Å². The molecule has 0 amide bonds. The summed E-state index contributed by atoms with van der Waals surface area (Å²) in [7, 11) is 2.15. The number of aryl methyl sites for hydroxylation is 1. The molecule has 2 heterocycles. The van der Waals surface area contributed by atoms with Gasteiger partial charge >= 0.3 is 0 Å². The van der Waals surface area contributed by atoms with Crippen LogP contribution < -0.4 is 5.73 Å². The number of hydrogen-bond donors (Lipinski definition) is 1. The average molecular weight is 254 g/mol. The van der Waals surface area contributed by atoms with Crippen molar-refractivity contribution in [2.75, 3.05) is 19.3 Å². The van der Waals surface area contributed by atoms with Gasteiger partial charge in [-0.05, 0) is 49.2 Å². The Kier molecular flexibility index (Phi) is 2.95. The third-order valence-corrected chi connectivity index (χ3v) is 3.75. The molecule has 98 valence electrons. The monoisotopic (exact) mass is 254 g/mol. The van der Waals surface area contributed by atoms with Gasteiger partial charge in [-0.2, -0.15) is 0 Å². The molecular formula is C15H18N4. The number of likely N-dealkylation sites (N-methyl/N-ethyl adjacent to an activating group) is 1. The number of rotatable bonds is 1. The van der Waals surface area contributed by atoms with E-state index in [2.05, 4.69) is 41.0 Å². The maximum atomic E-state index is 5.92. The number of nitrogens with zero attached hydrogens (tertiary/aromatic N) is 3. The van der Waals surface area contributed by atoms with Crippen LogP contribution >= 0.6 is 0 Å². The topological polar surface area (TPSA) is 55.0 Å². The summed E-state index contributed by atoms with van der Waals surface area (Å²) >= 11 is 0. The third-order valence-electron chi connectivity index (χ3n) is 3.75. The largest absolute Gasteiger partial charge is 0.382 e. The fraction of sp³-hybridized carbons (Fsp3) is 0.333. The van der Waals surface area contributed by atoms with Crippen molar-refractivity contribution in [3.05, 3.63) is 41.2 Å². The molecule has 1 aromatic heterocycles. The molecule has 1 aromatic carbocycles. The maximum absolute atomic E-state index is 5.92. The summed E-state index contributed by atoms with van der Waals surface area (Å²) in [6.07, 6.45) is 4.43. The van der Waals surface area contributed by atoms with E-state index in [-0.39, 0.29) is 0 Å². The Morgan fingerprint density at radius 3 is 2.79 bits per heavy atom. The quantitative estimate of drug-likeness (QED) is 0.846. The standard InChI is InChI=1S/C15H18N4/c1-10-7-11(14-15(16)18-5-4-17-14)8-12-9-19(2)6-3-13(10)12/h4-5,7-8H,3,6,9H2,1-2H3,(H2,16,18). The Morgan fingerprint density at radius 2 is 2.00 bits per heavy atom. The Morgan fingerprint density at radius 1 is 1.21 bits per heavy atom. The van der Waals surface area contributed by atoms with Crippen LogP contribution in [0.3, 0.4) is 0 Å². The Balaban J connectivity index is 2.12. The van der Waals surface area contributed by atoms with Crippen LogP contribution in [0.4, 0.5) is 5.82 Å². The molecule has 0 aliphatic carbocycles. The van der Waals surface area contributed by atoms with E-state index in [0.717, 1.165) is 30.8 Å². The Hall–Kier alpha value is -1.94. The number of hydrogen-bond acceptors (Lipinski definition) is 4. The van der Waals surface area contributed by atoms with Gasteiger partial charge in [-0.1, -0.05) is 0 Å². The van der Waals surface area contributed by atoms with Crippen LogP contribution in [0.2, 0.25) is 0 Å². The van der Waals surface area contributed by atoms with E-state index in [1.54, 1.807) is 12.4 Å². The van der Waals surface area contributed by atoms with Crippen molar-refractivity contribution in [1.82, 2.24) is 14.9 Å². The Bertz CT molecular complexity index is 622. The van der Waals surface area contributed by atoms with E-state index in [1.165, 1.54) is 16.7 Å². The number of fused-ring (bicyclic) bond motifs is 1. The van der Waals surface area contributed by atoms with Gasteiger partial charge in [0.2, 0.25) is 0 Å². The number of anilines is 1. The van der Waals surface area contributed by atoms with Gasteiger partial charge in [0.25, 0.3) is 0 Å². The van der Waals surface area contributed by atoms with Gasteiger partial charge in [-0.15, -0.1) is 0 Å². The zero-order valence-electron chi connectivity index (χ0n) is 11.3. The van der Waals surface area contributed by atoms with Gasteiger partial charge in [0.05, 0.1) is 0 Å². The van der Waals surface area contributed by atoms with Gasteiger partial charge in [0, 0.05) is 31.0 Å². The molecule has 2 N–H and O–H groups in total. The lowest BCUT2D eigenvalue weighted by Crippen LogP contribution is -2.27. The molecule has 0 bridgehead atoms. The predicted octanol–water partition coefficient (Wildman–Crippen LogP) is 2.02. The summed E-state index contributed by atoms with van der Waals surface area (Å²) in [5.74, 6) is 0.492. The second-order valence-electron chi connectivity index (χ2n) is 5.21. The average Bonchev–Trinajstić information content (AvgIpc) is 2.38. The highest BCUT2D eigenvalue weighted by Crippen LogP contribution is 2.29. The fourth-order valence-corrected chi connectivity index (χ4v) is 2.77. The molecule has 19 heavy (non-hydrogen) atoms. The molecule has 0 fully saturated rings. The number of nitrogen functional groups attached to an aromatic ring is 1. The molecule has 0 unspecified atom stereocenters. The summed E-state index contributed by atoms with van der Waals surface area (Å²) in [4.78, 5) is 10.8. The van der Waals surface area contributed by atoms with Crippen LogP contribution in [0.5, 0.6) is 0 Å². The van der Waals surface area contributed by atoms with Crippen molar-refractivity contribution in [3.63, 3.8) is 0 Å². The summed E-state index contributed by atoms with van der Waals surface area (Å²) < 4.78 is 0. The summed E-state index contributed by atoms with van der Waals surface area (Å²) in [5, 5.41) is 0. The first-order valence-electron chi connectivity index (χ1n) is 6.53. The molecule has 0 spiro atoms. The third kappa shape index (κ3) is 2.19. The van der Waals surface area contributed by atoms with Gasteiger partial charge < -0.3 is 10.6 Å². The van der Waals surface area contributed by atoms with Gasteiger partial charge in [-0.25, -0.2) is 4.98 Å². The zero-order valence-corrected chi connectivity index (χ0v) is 11.3. The molecule has 1 aliphatic heterocycles.